The summed E-state index contributed by atoms with van der Waals surface area (Å²) in [5, 5.41) is 10.1. The highest BCUT2D eigenvalue weighted by Gasteiger charge is 2.05. The van der Waals surface area contributed by atoms with Crippen molar-refractivity contribution in [2.45, 2.75) is 26.2 Å². The average molecular weight is 203 g/mol. The van der Waals surface area contributed by atoms with Gasteiger partial charge < -0.3 is 10.1 Å². The van der Waals surface area contributed by atoms with Crippen molar-refractivity contribution in [2.75, 3.05) is 6.61 Å². The Kier molecular flexibility index (Phi) is 3.07. The lowest BCUT2D eigenvalue weighted by Crippen LogP contribution is -1.88. The quantitative estimate of drug-likeness (QED) is 0.787. The highest BCUT2D eigenvalue weighted by Crippen LogP contribution is 2.22. The summed E-state index contributed by atoms with van der Waals surface area (Å²) in [6.07, 6.45) is 4.91. The summed E-state index contributed by atoms with van der Waals surface area (Å²) in [5.74, 6) is 0. The van der Waals surface area contributed by atoms with Crippen LogP contribution in [0.1, 0.15) is 24.5 Å². The van der Waals surface area contributed by atoms with E-state index >= 15 is 0 Å². The van der Waals surface area contributed by atoms with Gasteiger partial charge in [-0.2, -0.15) is 0 Å². The van der Waals surface area contributed by atoms with Crippen LogP contribution < -0.4 is 0 Å². The third kappa shape index (κ3) is 1.90. The Balaban J connectivity index is 2.42. The van der Waals surface area contributed by atoms with Crippen molar-refractivity contribution < 1.29 is 5.11 Å². The molecule has 0 fully saturated rings. The summed E-state index contributed by atoms with van der Waals surface area (Å²) >= 11 is 0. The molecule has 0 aliphatic carbocycles. The highest BCUT2D eigenvalue weighted by atomic mass is 16.2. The molecule has 80 valence electrons. The summed E-state index contributed by atoms with van der Waals surface area (Å²) in [5.41, 5.74) is 3.94. The van der Waals surface area contributed by atoms with Gasteiger partial charge >= 0.3 is 0 Å². The molecule has 2 nitrogen and oxygen atoms in total. The predicted molar refractivity (Wildman–Crippen MR) is 63.1 cm³/mol. The Morgan fingerprint density at radius 1 is 1.27 bits per heavy atom. The zero-order chi connectivity index (χ0) is 10.7. The number of H-pyrrole nitrogens is 1. The number of aliphatic hydroxyl groups excluding tert-OH is 1. The zero-order valence-electron chi connectivity index (χ0n) is 9.09. The van der Waals surface area contributed by atoms with Crippen LogP contribution in [0.15, 0.2) is 24.4 Å². The van der Waals surface area contributed by atoms with E-state index in [2.05, 4.69) is 36.3 Å². The summed E-state index contributed by atoms with van der Waals surface area (Å²) in [7, 11) is 0. The third-order valence-electron chi connectivity index (χ3n) is 2.87. The van der Waals surface area contributed by atoms with Gasteiger partial charge in [0, 0.05) is 23.7 Å². The molecule has 1 aromatic carbocycles. The van der Waals surface area contributed by atoms with E-state index in [1.54, 1.807) is 0 Å². The first kappa shape index (κ1) is 10.2. The molecule has 0 spiro atoms. The predicted octanol–water partition coefficient (Wildman–Crippen LogP) is 2.66. The average Bonchev–Trinajstić information content (AvgIpc) is 2.69. The standard InChI is InChI=1S/C13H17NO/c1-2-10-5-3-7-12-11(6-4-8-15)9-14-13(10)12/h3,5,7,9,14-15H,2,4,6,8H2,1H3. The van der Waals surface area contributed by atoms with Crippen LogP contribution in [0.25, 0.3) is 10.9 Å². The lowest BCUT2D eigenvalue weighted by Gasteiger charge is -2.00. The van der Waals surface area contributed by atoms with Gasteiger partial charge in [0.1, 0.15) is 0 Å². The van der Waals surface area contributed by atoms with E-state index < -0.39 is 0 Å². The first-order valence-electron chi connectivity index (χ1n) is 5.55. The number of aryl methyl sites for hydroxylation is 2. The molecule has 0 aliphatic heterocycles. The molecule has 2 rings (SSSR count). The number of para-hydroxylation sites is 1. The van der Waals surface area contributed by atoms with Gasteiger partial charge in [-0.3, -0.25) is 0 Å². The van der Waals surface area contributed by atoms with Crippen LogP contribution in [0.3, 0.4) is 0 Å². The van der Waals surface area contributed by atoms with Crippen LogP contribution >= 0.6 is 0 Å². The van der Waals surface area contributed by atoms with Crippen molar-refractivity contribution in [3.63, 3.8) is 0 Å². The normalized spacial score (nSPS) is 11.1. The Morgan fingerprint density at radius 2 is 2.13 bits per heavy atom. The fourth-order valence-corrected chi connectivity index (χ4v) is 2.05. The van der Waals surface area contributed by atoms with Gasteiger partial charge in [0.25, 0.3) is 0 Å². The maximum atomic E-state index is 8.83. The van der Waals surface area contributed by atoms with Crippen LogP contribution in [0, 0.1) is 0 Å². The molecule has 0 aliphatic rings. The van der Waals surface area contributed by atoms with Crippen molar-refractivity contribution in [3.05, 3.63) is 35.5 Å². The minimum Gasteiger partial charge on any atom is -0.396 e. The molecular weight excluding hydrogens is 186 g/mol. The molecule has 0 bridgehead atoms. The molecule has 2 heteroatoms. The molecule has 0 radical (unpaired) electrons. The minimum absolute atomic E-state index is 0.264. The number of aromatic nitrogens is 1. The maximum Gasteiger partial charge on any atom is 0.0489 e. The maximum absolute atomic E-state index is 8.83. The van der Waals surface area contributed by atoms with E-state index in [0.29, 0.717) is 0 Å². The summed E-state index contributed by atoms with van der Waals surface area (Å²) in [4.78, 5) is 3.33. The van der Waals surface area contributed by atoms with Gasteiger partial charge in [-0.05, 0) is 30.4 Å². The lowest BCUT2D eigenvalue weighted by molar-refractivity contribution is 0.289. The van der Waals surface area contributed by atoms with Gasteiger partial charge in [0.15, 0.2) is 0 Å². The Hall–Kier alpha value is -1.28. The number of aromatic amines is 1. The van der Waals surface area contributed by atoms with E-state index in [9.17, 15) is 0 Å². The number of benzene rings is 1. The van der Waals surface area contributed by atoms with Crippen molar-refractivity contribution in [3.8, 4) is 0 Å². The molecule has 1 aromatic heterocycles. The van der Waals surface area contributed by atoms with E-state index in [1.807, 2.05) is 0 Å². The molecule has 15 heavy (non-hydrogen) atoms. The molecule has 2 aromatic rings. The second-order valence-corrected chi connectivity index (χ2v) is 3.83. The van der Waals surface area contributed by atoms with Gasteiger partial charge in [0.2, 0.25) is 0 Å². The van der Waals surface area contributed by atoms with Crippen molar-refractivity contribution >= 4 is 10.9 Å². The van der Waals surface area contributed by atoms with Crippen LogP contribution in [0.2, 0.25) is 0 Å². The zero-order valence-corrected chi connectivity index (χ0v) is 9.09. The fraction of sp³-hybridized carbons (Fsp3) is 0.385. The molecule has 1 heterocycles. The summed E-state index contributed by atoms with van der Waals surface area (Å²) < 4.78 is 0. The minimum atomic E-state index is 0.264. The second kappa shape index (κ2) is 4.49. The van der Waals surface area contributed by atoms with Gasteiger partial charge in [0.05, 0.1) is 0 Å². The molecular formula is C13H17NO. The van der Waals surface area contributed by atoms with Crippen LogP contribution in [-0.4, -0.2) is 16.7 Å². The molecule has 0 saturated carbocycles. The number of nitrogens with one attached hydrogen (secondary N) is 1. The molecule has 0 unspecified atom stereocenters. The summed E-state index contributed by atoms with van der Waals surface area (Å²) in [6.45, 7) is 2.43. The van der Waals surface area contributed by atoms with E-state index in [-0.39, 0.29) is 6.61 Å². The largest absolute Gasteiger partial charge is 0.396 e. The number of rotatable bonds is 4. The first-order chi connectivity index (χ1) is 7.36. The fourth-order valence-electron chi connectivity index (χ4n) is 2.05. The highest BCUT2D eigenvalue weighted by molar-refractivity contribution is 5.86. The number of hydrogen-bond acceptors (Lipinski definition) is 1. The Morgan fingerprint density at radius 3 is 2.87 bits per heavy atom. The molecule has 0 atom stereocenters. The molecule has 0 amide bonds. The van der Waals surface area contributed by atoms with Crippen LogP contribution in [0.5, 0.6) is 0 Å². The van der Waals surface area contributed by atoms with Crippen LogP contribution in [0.4, 0.5) is 0 Å². The van der Waals surface area contributed by atoms with E-state index in [4.69, 9.17) is 5.11 Å². The Labute approximate surface area is 89.9 Å². The van der Waals surface area contributed by atoms with Crippen molar-refractivity contribution in [1.82, 2.24) is 4.98 Å². The second-order valence-electron chi connectivity index (χ2n) is 3.83. The van der Waals surface area contributed by atoms with Gasteiger partial charge in [-0.15, -0.1) is 0 Å². The number of aliphatic hydroxyl groups is 1. The smallest absolute Gasteiger partial charge is 0.0489 e. The van der Waals surface area contributed by atoms with E-state index in [1.165, 1.54) is 22.0 Å². The number of fused-ring (bicyclic) bond motifs is 1. The van der Waals surface area contributed by atoms with Crippen LogP contribution in [-0.2, 0) is 12.8 Å². The lowest BCUT2D eigenvalue weighted by atomic mass is 10.0. The first-order valence-corrected chi connectivity index (χ1v) is 5.55. The molecule has 2 N–H and O–H groups in total. The van der Waals surface area contributed by atoms with Crippen molar-refractivity contribution in [2.24, 2.45) is 0 Å². The SMILES string of the molecule is CCc1cccc2c(CCCO)c[nH]c12. The molecule has 0 saturated heterocycles. The number of hydrogen-bond donors (Lipinski definition) is 2. The van der Waals surface area contributed by atoms with Gasteiger partial charge in [-0.25, -0.2) is 0 Å². The Bertz CT molecular complexity index is 445. The van der Waals surface area contributed by atoms with Gasteiger partial charge in [-0.1, -0.05) is 25.1 Å². The monoisotopic (exact) mass is 203 g/mol. The van der Waals surface area contributed by atoms with Crippen molar-refractivity contribution in [1.29, 1.82) is 0 Å². The third-order valence-corrected chi connectivity index (χ3v) is 2.87. The van der Waals surface area contributed by atoms with E-state index in [0.717, 1.165) is 19.3 Å². The topological polar surface area (TPSA) is 36.0 Å². The summed E-state index contributed by atoms with van der Waals surface area (Å²) in [6, 6.07) is 6.42.